The molecule has 16 heavy (non-hydrogen) atoms. The Morgan fingerprint density at radius 3 is 3.00 bits per heavy atom. The summed E-state index contributed by atoms with van der Waals surface area (Å²) in [7, 11) is 2.02. The number of aryl methyl sites for hydroxylation is 2. The molecule has 2 rings (SSSR count). The van der Waals surface area contributed by atoms with Gasteiger partial charge in [-0.15, -0.1) is 0 Å². The van der Waals surface area contributed by atoms with Crippen LogP contribution in [0.25, 0.3) is 11.0 Å². The summed E-state index contributed by atoms with van der Waals surface area (Å²) in [6.45, 7) is 3.57. The van der Waals surface area contributed by atoms with Gasteiger partial charge in [0.05, 0.1) is 17.6 Å². The van der Waals surface area contributed by atoms with Crippen LogP contribution in [0, 0.1) is 6.92 Å². The monoisotopic (exact) mass is 219 g/mol. The number of hydrogen-bond donors (Lipinski definition) is 2. The van der Waals surface area contributed by atoms with E-state index in [2.05, 4.69) is 33.1 Å². The van der Waals surface area contributed by atoms with E-state index in [1.807, 2.05) is 14.0 Å². The summed E-state index contributed by atoms with van der Waals surface area (Å²) in [4.78, 5) is 4.49. The Kier molecular flexibility index (Phi) is 3.22. The van der Waals surface area contributed by atoms with Crippen LogP contribution in [-0.4, -0.2) is 27.8 Å². The molecule has 2 N–H and O–H groups in total. The van der Waals surface area contributed by atoms with E-state index < -0.39 is 0 Å². The van der Waals surface area contributed by atoms with Crippen molar-refractivity contribution < 1.29 is 5.11 Å². The molecule has 86 valence electrons. The van der Waals surface area contributed by atoms with Crippen molar-refractivity contribution in [1.82, 2.24) is 14.9 Å². The molecule has 0 unspecified atom stereocenters. The Morgan fingerprint density at radius 2 is 2.25 bits per heavy atom. The number of imidazole rings is 1. The maximum absolute atomic E-state index is 8.68. The highest BCUT2D eigenvalue weighted by Gasteiger charge is 2.04. The smallest absolute Gasteiger partial charge is 0.106 e. The van der Waals surface area contributed by atoms with E-state index >= 15 is 0 Å². The second-order valence-corrected chi connectivity index (χ2v) is 3.94. The predicted octanol–water partition coefficient (Wildman–Crippen LogP) is 0.964. The Balaban J connectivity index is 2.23. The molecule has 0 bridgehead atoms. The Labute approximate surface area is 94.9 Å². The maximum atomic E-state index is 8.68. The van der Waals surface area contributed by atoms with Crippen LogP contribution in [-0.2, 0) is 13.6 Å². The zero-order valence-electron chi connectivity index (χ0n) is 9.70. The number of aliphatic hydroxyl groups is 1. The number of hydrogen-bond acceptors (Lipinski definition) is 3. The molecule has 0 aliphatic rings. The van der Waals surface area contributed by atoms with Gasteiger partial charge in [-0.25, -0.2) is 4.98 Å². The van der Waals surface area contributed by atoms with Gasteiger partial charge in [-0.05, 0) is 24.6 Å². The molecule has 0 amide bonds. The molecule has 1 aromatic heterocycles. The first-order valence-corrected chi connectivity index (χ1v) is 5.46. The van der Waals surface area contributed by atoms with E-state index in [-0.39, 0.29) is 6.61 Å². The van der Waals surface area contributed by atoms with Crippen LogP contribution >= 0.6 is 0 Å². The van der Waals surface area contributed by atoms with E-state index in [0.29, 0.717) is 6.54 Å². The number of rotatable bonds is 4. The van der Waals surface area contributed by atoms with Gasteiger partial charge in [0.2, 0.25) is 0 Å². The lowest BCUT2D eigenvalue weighted by Gasteiger charge is -2.03. The molecule has 0 saturated carbocycles. The molecule has 4 nitrogen and oxygen atoms in total. The molecule has 2 aromatic rings. The van der Waals surface area contributed by atoms with Crippen LogP contribution in [0.1, 0.15) is 11.4 Å². The second-order valence-electron chi connectivity index (χ2n) is 3.94. The van der Waals surface area contributed by atoms with Crippen molar-refractivity contribution >= 4 is 11.0 Å². The Morgan fingerprint density at radius 1 is 1.44 bits per heavy atom. The normalized spacial score (nSPS) is 11.2. The molecule has 0 aliphatic carbocycles. The van der Waals surface area contributed by atoms with Gasteiger partial charge in [-0.3, -0.25) is 0 Å². The summed E-state index contributed by atoms with van der Waals surface area (Å²) in [6, 6.07) is 6.27. The number of nitrogens with one attached hydrogen (secondary N) is 1. The fourth-order valence-electron chi connectivity index (χ4n) is 1.79. The van der Waals surface area contributed by atoms with Crippen LogP contribution in [0.2, 0.25) is 0 Å². The van der Waals surface area contributed by atoms with Gasteiger partial charge in [-0.2, -0.15) is 0 Å². The number of fused-ring (bicyclic) bond motifs is 1. The average molecular weight is 219 g/mol. The molecule has 0 atom stereocenters. The van der Waals surface area contributed by atoms with Gasteiger partial charge < -0.3 is 15.0 Å². The van der Waals surface area contributed by atoms with Crippen molar-refractivity contribution in [3.8, 4) is 0 Å². The van der Waals surface area contributed by atoms with Gasteiger partial charge >= 0.3 is 0 Å². The third-order valence-corrected chi connectivity index (χ3v) is 2.79. The van der Waals surface area contributed by atoms with Crippen molar-refractivity contribution in [2.45, 2.75) is 13.5 Å². The maximum Gasteiger partial charge on any atom is 0.106 e. The molecule has 0 saturated heterocycles. The largest absolute Gasteiger partial charge is 0.395 e. The SMILES string of the molecule is Cc1nc2cc(CNCCO)ccc2n1C. The average Bonchev–Trinajstić information content (AvgIpc) is 2.55. The van der Waals surface area contributed by atoms with E-state index in [1.54, 1.807) is 0 Å². The lowest BCUT2D eigenvalue weighted by Crippen LogP contribution is -2.17. The van der Waals surface area contributed by atoms with Crippen molar-refractivity contribution in [3.05, 3.63) is 29.6 Å². The van der Waals surface area contributed by atoms with Crippen molar-refractivity contribution in [3.63, 3.8) is 0 Å². The fourth-order valence-corrected chi connectivity index (χ4v) is 1.79. The summed E-state index contributed by atoms with van der Waals surface area (Å²) < 4.78 is 2.08. The minimum Gasteiger partial charge on any atom is -0.395 e. The van der Waals surface area contributed by atoms with Crippen molar-refractivity contribution in [1.29, 1.82) is 0 Å². The summed E-state index contributed by atoms with van der Waals surface area (Å²) in [6.07, 6.45) is 0. The molecule has 1 heterocycles. The third-order valence-electron chi connectivity index (χ3n) is 2.79. The summed E-state index contributed by atoms with van der Waals surface area (Å²) in [5, 5.41) is 11.8. The lowest BCUT2D eigenvalue weighted by atomic mass is 10.2. The first-order valence-electron chi connectivity index (χ1n) is 5.46. The van der Waals surface area contributed by atoms with Gasteiger partial charge in [-0.1, -0.05) is 6.07 Å². The lowest BCUT2D eigenvalue weighted by molar-refractivity contribution is 0.292. The molecule has 0 fully saturated rings. The van der Waals surface area contributed by atoms with E-state index in [0.717, 1.165) is 23.4 Å². The minimum absolute atomic E-state index is 0.172. The van der Waals surface area contributed by atoms with E-state index in [1.165, 1.54) is 5.56 Å². The van der Waals surface area contributed by atoms with Crippen LogP contribution in [0.5, 0.6) is 0 Å². The summed E-state index contributed by atoms with van der Waals surface area (Å²) in [5.74, 6) is 1.02. The zero-order valence-corrected chi connectivity index (χ0v) is 9.70. The quantitative estimate of drug-likeness (QED) is 0.753. The molecular weight excluding hydrogens is 202 g/mol. The van der Waals surface area contributed by atoms with Crippen molar-refractivity contribution in [2.24, 2.45) is 7.05 Å². The van der Waals surface area contributed by atoms with Gasteiger partial charge in [0, 0.05) is 20.1 Å². The van der Waals surface area contributed by atoms with Gasteiger partial charge in [0.25, 0.3) is 0 Å². The molecule has 0 spiro atoms. The topological polar surface area (TPSA) is 50.1 Å². The Bertz CT molecular complexity index is 490. The van der Waals surface area contributed by atoms with Crippen LogP contribution < -0.4 is 5.32 Å². The highest BCUT2D eigenvalue weighted by atomic mass is 16.3. The molecule has 4 heteroatoms. The van der Waals surface area contributed by atoms with Gasteiger partial charge in [0.1, 0.15) is 5.82 Å². The predicted molar refractivity (Wildman–Crippen MR) is 64.2 cm³/mol. The van der Waals surface area contributed by atoms with Gasteiger partial charge in [0.15, 0.2) is 0 Å². The number of benzene rings is 1. The van der Waals surface area contributed by atoms with E-state index in [9.17, 15) is 0 Å². The highest BCUT2D eigenvalue weighted by molar-refractivity contribution is 5.76. The van der Waals surface area contributed by atoms with Crippen LogP contribution in [0.15, 0.2) is 18.2 Å². The number of aromatic nitrogens is 2. The first kappa shape index (κ1) is 11.1. The second kappa shape index (κ2) is 4.63. The van der Waals surface area contributed by atoms with Crippen LogP contribution in [0.4, 0.5) is 0 Å². The molecule has 1 aromatic carbocycles. The molecule has 0 aliphatic heterocycles. The van der Waals surface area contributed by atoms with E-state index in [4.69, 9.17) is 5.11 Å². The minimum atomic E-state index is 0.172. The standard InChI is InChI=1S/C12H17N3O/c1-9-14-11-7-10(8-13-5-6-16)3-4-12(11)15(9)2/h3-4,7,13,16H,5-6,8H2,1-2H3. The van der Waals surface area contributed by atoms with Crippen LogP contribution in [0.3, 0.4) is 0 Å². The fraction of sp³-hybridized carbons (Fsp3) is 0.417. The van der Waals surface area contributed by atoms with Crippen molar-refractivity contribution in [2.75, 3.05) is 13.2 Å². The highest BCUT2D eigenvalue weighted by Crippen LogP contribution is 2.16. The first-order chi connectivity index (χ1) is 7.72. The molecule has 0 radical (unpaired) electrons. The number of nitrogens with zero attached hydrogens (tertiary/aromatic N) is 2. The zero-order chi connectivity index (χ0) is 11.5. The third kappa shape index (κ3) is 2.08. The summed E-state index contributed by atoms with van der Waals surface area (Å²) >= 11 is 0. The molecular formula is C12H17N3O. The Hall–Kier alpha value is -1.39. The number of aliphatic hydroxyl groups excluding tert-OH is 1. The summed E-state index contributed by atoms with van der Waals surface area (Å²) in [5.41, 5.74) is 3.38.